The second-order valence-electron chi connectivity index (χ2n) is 4.48. The van der Waals surface area contributed by atoms with Crippen molar-refractivity contribution in [2.45, 2.75) is 6.42 Å². The molecule has 2 rings (SSSR count). The molecule has 0 bridgehead atoms. The monoisotopic (exact) mass is 320 g/mol. The van der Waals surface area contributed by atoms with Crippen LogP contribution in [0.15, 0.2) is 47.6 Å². The van der Waals surface area contributed by atoms with Crippen LogP contribution < -0.4 is 10.2 Å². The third-order valence-corrected chi connectivity index (χ3v) is 3.21. The Balaban J connectivity index is 1.90. The van der Waals surface area contributed by atoms with Crippen LogP contribution in [0.1, 0.15) is 11.1 Å². The van der Waals surface area contributed by atoms with Crippen LogP contribution in [-0.4, -0.2) is 19.2 Å². The van der Waals surface area contributed by atoms with Crippen molar-refractivity contribution in [1.29, 1.82) is 0 Å². The van der Waals surface area contributed by atoms with E-state index in [1.54, 1.807) is 31.4 Å². The molecule has 0 aliphatic rings. The van der Waals surface area contributed by atoms with Gasteiger partial charge in [0.2, 0.25) is 5.91 Å². The summed E-state index contributed by atoms with van der Waals surface area (Å²) in [5.74, 6) is 0.0403. The van der Waals surface area contributed by atoms with E-state index in [9.17, 15) is 9.18 Å². The molecule has 0 heterocycles. The number of rotatable bonds is 5. The summed E-state index contributed by atoms with van der Waals surface area (Å²) < 4.78 is 17.9. The molecule has 2 aromatic rings. The second-order valence-corrected chi connectivity index (χ2v) is 4.89. The number of nitrogens with one attached hydrogen (secondary N) is 1. The minimum absolute atomic E-state index is 0.193. The van der Waals surface area contributed by atoms with E-state index in [1.807, 2.05) is 0 Å². The summed E-state index contributed by atoms with van der Waals surface area (Å²) in [5, 5.41) is 4.04. The summed E-state index contributed by atoms with van der Waals surface area (Å²) in [6.45, 7) is 0. The van der Waals surface area contributed by atoms with Crippen LogP contribution in [0.5, 0.6) is 5.75 Å². The second kappa shape index (κ2) is 7.56. The molecule has 0 spiro atoms. The minimum Gasteiger partial charge on any atom is -0.497 e. The summed E-state index contributed by atoms with van der Waals surface area (Å²) in [7, 11) is 1.58. The van der Waals surface area contributed by atoms with E-state index < -0.39 is 5.82 Å². The topological polar surface area (TPSA) is 50.7 Å². The maximum Gasteiger partial charge on any atom is 0.244 e. The molecule has 0 atom stereocenters. The lowest BCUT2D eigenvalue weighted by Crippen LogP contribution is -2.19. The molecule has 1 N–H and O–H groups in total. The van der Waals surface area contributed by atoms with Gasteiger partial charge in [0.25, 0.3) is 0 Å². The Morgan fingerprint density at radius 1 is 1.32 bits per heavy atom. The van der Waals surface area contributed by atoms with Gasteiger partial charge in [0.1, 0.15) is 11.6 Å². The Bertz CT molecular complexity index is 687. The number of nitrogens with zero attached hydrogens (tertiary/aromatic N) is 1. The highest BCUT2D eigenvalue weighted by Gasteiger charge is 2.03. The van der Waals surface area contributed by atoms with Crippen molar-refractivity contribution in [2.75, 3.05) is 7.11 Å². The lowest BCUT2D eigenvalue weighted by Gasteiger charge is -2.03. The standard InChI is InChI=1S/C16H14ClFN2O2/c1-22-14-6-2-11(3-7-14)8-16(21)20-19-10-12-4-5-13(18)9-15(12)17/h2-7,9-10H,8H2,1H3,(H,20,21). The van der Waals surface area contributed by atoms with Gasteiger partial charge in [0.05, 0.1) is 24.8 Å². The first-order valence-corrected chi connectivity index (χ1v) is 6.86. The average Bonchev–Trinajstić information content (AvgIpc) is 2.50. The Morgan fingerprint density at radius 2 is 2.05 bits per heavy atom. The smallest absolute Gasteiger partial charge is 0.244 e. The van der Waals surface area contributed by atoms with Crippen molar-refractivity contribution in [3.63, 3.8) is 0 Å². The molecule has 1 amide bonds. The first-order chi connectivity index (χ1) is 10.6. The number of amides is 1. The summed E-state index contributed by atoms with van der Waals surface area (Å²) in [6, 6.07) is 11.1. The number of methoxy groups -OCH3 is 1. The summed E-state index contributed by atoms with van der Waals surface area (Å²) >= 11 is 5.85. The van der Waals surface area contributed by atoms with Gasteiger partial charge in [-0.1, -0.05) is 23.7 Å². The lowest BCUT2D eigenvalue weighted by molar-refractivity contribution is -0.120. The number of carbonyl (C=O) groups is 1. The summed E-state index contributed by atoms with van der Waals surface area (Å²) in [5.41, 5.74) is 3.76. The molecule has 6 heteroatoms. The number of halogens is 2. The van der Waals surface area contributed by atoms with E-state index in [0.29, 0.717) is 5.56 Å². The van der Waals surface area contributed by atoms with Gasteiger partial charge >= 0.3 is 0 Å². The lowest BCUT2D eigenvalue weighted by atomic mass is 10.1. The van der Waals surface area contributed by atoms with Crippen molar-refractivity contribution < 1.29 is 13.9 Å². The van der Waals surface area contributed by atoms with E-state index in [4.69, 9.17) is 16.3 Å². The molecule has 22 heavy (non-hydrogen) atoms. The molecule has 0 aromatic heterocycles. The highest BCUT2D eigenvalue weighted by molar-refractivity contribution is 6.33. The molecule has 0 saturated carbocycles. The zero-order valence-electron chi connectivity index (χ0n) is 11.8. The van der Waals surface area contributed by atoms with Crippen molar-refractivity contribution in [2.24, 2.45) is 5.10 Å². The number of ether oxygens (including phenoxy) is 1. The first-order valence-electron chi connectivity index (χ1n) is 6.48. The molecule has 0 aliphatic heterocycles. The van der Waals surface area contributed by atoms with Crippen LogP contribution in [-0.2, 0) is 11.2 Å². The largest absolute Gasteiger partial charge is 0.497 e. The quantitative estimate of drug-likeness (QED) is 0.679. The van der Waals surface area contributed by atoms with E-state index in [1.165, 1.54) is 24.4 Å². The van der Waals surface area contributed by atoms with Crippen molar-refractivity contribution >= 4 is 23.7 Å². The first kappa shape index (κ1) is 16.0. The van der Waals surface area contributed by atoms with Crippen LogP contribution in [0.25, 0.3) is 0 Å². The summed E-state index contributed by atoms with van der Waals surface area (Å²) in [6.07, 6.45) is 1.56. The van der Waals surface area contributed by atoms with Crippen LogP contribution in [0.4, 0.5) is 4.39 Å². The van der Waals surface area contributed by atoms with Crippen LogP contribution in [0.2, 0.25) is 5.02 Å². The van der Waals surface area contributed by atoms with Crippen LogP contribution in [0.3, 0.4) is 0 Å². The molecule has 0 aliphatic carbocycles. The minimum atomic E-state index is -0.425. The van der Waals surface area contributed by atoms with Gasteiger partial charge in [-0.2, -0.15) is 5.10 Å². The third-order valence-electron chi connectivity index (χ3n) is 2.88. The molecule has 0 unspecified atom stereocenters. The fourth-order valence-corrected chi connectivity index (χ4v) is 1.96. The zero-order valence-corrected chi connectivity index (χ0v) is 12.6. The van der Waals surface area contributed by atoms with Gasteiger partial charge in [0, 0.05) is 5.56 Å². The van der Waals surface area contributed by atoms with Gasteiger partial charge in [-0.3, -0.25) is 4.79 Å². The Kier molecular flexibility index (Phi) is 5.49. The maximum atomic E-state index is 12.9. The van der Waals surface area contributed by atoms with E-state index >= 15 is 0 Å². The zero-order chi connectivity index (χ0) is 15.9. The number of hydrazone groups is 1. The van der Waals surface area contributed by atoms with E-state index in [2.05, 4.69) is 10.5 Å². The molecule has 0 radical (unpaired) electrons. The fourth-order valence-electron chi connectivity index (χ4n) is 1.75. The Hall–Kier alpha value is -2.40. The predicted octanol–water partition coefficient (Wildman–Crippen LogP) is 3.18. The van der Waals surface area contributed by atoms with Crippen LogP contribution in [0, 0.1) is 5.82 Å². The summed E-state index contributed by atoms with van der Waals surface area (Å²) in [4.78, 5) is 11.7. The van der Waals surface area contributed by atoms with Gasteiger partial charge in [-0.25, -0.2) is 9.82 Å². The third kappa shape index (κ3) is 4.56. The predicted molar refractivity (Wildman–Crippen MR) is 83.8 cm³/mol. The van der Waals surface area contributed by atoms with Gasteiger partial charge in [-0.15, -0.1) is 0 Å². The normalized spacial score (nSPS) is 10.7. The molecular weight excluding hydrogens is 307 g/mol. The van der Waals surface area contributed by atoms with Crippen molar-refractivity contribution in [3.8, 4) is 5.75 Å². The number of hydrogen-bond acceptors (Lipinski definition) is 3. The van der Waals surface area contributed by atoms with Gasteiger partial charge in [-0.05, 0) is 35.9 Å². The number of benzene rings is 2. The highest BCUT2D eigenvalue weighted by Crippen LogP contribution is 2.15. The molecule has 0 saturated heterocycles. The Labute approximate surface area is 132 Å². The molecule has 2 aromatic carbocycles. The maximum absolute atomic E-state index is 12.9. The van der Waals surface area contributed by atoms with Crippen LogP contribution >= 0.6 is 11.6 Å². The number of hydrogen-bond donors (Lipinski definition) is 1. The van der Waals surface area contributed by atoms with E-state index in [-0.39, 0.29) is 17.4 Å². The van der Waals surface area contributed by atoms with Crippen molar-refractivity contribution in [3.05, 3.63) is 64.4 Å². The molecule has 0 fully saturated rings. The average molecular weight is 321 g/mol. The van der Waals surface area contributed by atoms with Crippen molar-refractivity contribution in [1.82, 2.24) is 5.43 Å². The van der Waals surface area contributed by atoms with E-state index in [0.717, 1.165) is 11.3 Å². The Morgan fingerprint density at radius 3 is 2.68 bits per heavy atom. The SMILES string of the molecule is COc1ccc(CC(=O)NN=Cc2ccc(F)cc2Cl)cc1. The molecular formula is C16H14ClFN2O2. The molecule has 4 nitrogen and oxygen atoms in total. The molecule has 114 valence electrons. The highest BCUT2D eigenvalue weighted by atomic mass is 35.5. The van der Waals surface area contributed by atoms with Gasteiger partial charge in [0.15, 0.2) is 0 Å². The number of carbonyl (C=O) groups excluding carboxylic acids is 1. The fraction of sp³-hybridized carbons (Fsp3) is 0.125. The van der Waals surface area contributed by atoms with Gasteiger partial charge < -0.3 is 4.74 Å².